The molecule has 1 rings (SSSR count). The number of hydrogen-bond donors (Lipinski definition) is 1. The zero-order valence-electron chi connectivity index (χ0n) is 13.8. The zero-order chi connectivity index (χ0) is 15.9. The van der Waals surface area contributed by atoms with Crippen LogP contribution in [0.15, 0.2) is 36.4 Å². The van der Waals surface area contributed by atoms with Crippen LogP contribution in [0.1, 0.15) is 33.3 Å². The summed E-state index contributed by atoms with van der Waals surface area (Å²) in [6.45, 7) is 13.6. The molecule has 1 aromatic rings. The minimum Gasteiger partial charge on any atom is -0.493 e. The van der Waals surface area contributed by atoms with Crippen molar-refractivity contribution in [3.63, 3.8) is 0 Å². The summed E-state index contributed by atoms with van der Waals surface area (Å²) >= 11 is 0. The molecule has 0 unspecified atom stereocenters. The van der Waals surface area contributed by atoms with Gasteiger partial charge in [-0.15, -0.1) is 0 Å². The van der Waals surface area contributed by atoms with E-state index in [1.54, 1.807) is 13.2 Å². The van der Waals surface area contributed by atoms with E-state index in [0.29, 0.717) is 6.61 Å². The Morgan fingerprint density at radius 3 is 2.57 bits per heavy atom. The maximum absolute atomic E-state index is 5.55. The van der Waals surface area contributed by atoms with Gasteiger partial charge in [0.15, 0.2) is 11.5 Å². The fourth-order valence-electron chi connectivity index (χ4n) is 1.78. The molecule has 0 heterocycles. The quantitative estimate of drug-likeness (QED) is 0.768. The van der Waals surface area contributed by atoms with Crippen molar-refractivity contribution in [1.82, 2.24) is 5.32 Å². The zero-order valence-corrected chi connectivity index (χ0v) is 13.8. The summed E-state index contributed by atoms with van der Waals surface area (Å²) in [6, 6.07) is 5.94. The minimum atomic E-state index is 0.120. The molecule has 0 radical (unpaired) electrons. The van der Waals surface area contributed by atoms with Crippen molar-refractivity contribution in [3.8, 4) is 11.5 Å². The molecular formula is C18H27NO2. The molecule has 0 bridgehead atoms. The van der Waals surface area contributed by atoms with Crippen LogP contribution in [0.2, 0.25) is 0 Å². The predicted octanol–water partition coefficient (Wildman–Crippen LogP) is 4.05. The number of hydrogen-bond acceptors (Lipinski definition) is 3. The molecule has 0 aliphatic rings. The Balaban J connectivity index is 2.81. The molecule has 0 atom stereocenters. The van der Waals surface area contributed by atoms with Crippen LogP contribution in [0, 0.1) is 0 Å². The molecule has 0 spiro atoms. The lowest BCUT2D eigenvalue weighted by Gasteiger charge is -2.20. The maximum Gasteiger partial charge on any atom is 0.161 e. The van der Waals surface area contributed by atoms with Crippen molar-refractivity contribution in [2.24, 2.45) is 0 Å². The van der Waals surface area contributed by atoms with E-state index in [-0.39, 0.29) is 5.54 Å². The minimum absolute atomic E-state index is 0.120. The van der Waals surface area contributed by atoms with Gasteiger partial charge in [0.1, 0.15) is 6.61 Å². The Morgan fingerprint density at radius 1 is 1.29 bits per heavy atom. The number of methoxy groups -OCH3 is 1. The molecule has 0 aliphatic carbocycles. The molecule has 116 valence electrons. The summed E-state index contributed by atoms with van der Waals surface area (Å²) in [5, 5.41) is 3.47. The number of ether oxygens (including phenoxy) is 2. The Bertz CT molecular complexity index is 498. The average molecular weight is 289 g/mol. The third-order valence-electron chi connectivity index (χ3n) is 2.85. The van der Waals surface area contributed by atoms with Gasteiger partial charge in [-0.05, 0) is 45.4 Å². The van der Waals surface area contributed by atoms with E-state index in [2.05, 4.69) is 45.7 Å². The van der Waals surface area contributed by atoms with Crippen molar-refractivity contribution in [2.75, 3.05) is 20.3 Å². The average Bonchev–Trinajstić information content (AvgIpc) is 2.43. The van der Waals surface area contributed by atoms with Crippen molar-refractivity contribution in [3.05, 3.63) is 42.0 Å². The second kappa shape index (κ2) is 7.89. The lowest BCUT2D eigenvalue weighted by atomic mass is 10.1. The molecule has 1 aromatic carbocycles. The van der Waals surface area contributed by atoms with Gasteiger partial charge in [-0.25, -0.2) is 0 Å². The fourth-order valence-corrected chi connectivity index (χ4v) is 1.78. The van der Waals surface area contributed by atoms with Crippen LogP contribution in [0.25, 0.3) is 6.08 Å². The Labute approximate surface area is 128 Å². The summed E-state index contributed by atoms with van der Waals surface area (Å²) in [6.07, 6.45) is 3.87. The molecule has 0 saturated heterocycles. The van der Waals surface area contributed by atoms with Crippen molar-refractivity contribution in [1.29, 1.82) is 0 Å². The highest BCUT2D eigenvalue weighted by Gasteiger charge is 2.08. The largest absolute Gasteiger partial charge is 0.493 e. The second-order valence-corrected chi connectivity index (χ2v) is 6.10. The van der Waals surface area contributed by atoms with Crippen molar-refractivity contribution in [2.45, 2.75) is 33.2 Å². The van der Waals surface area contributed by atoms with Crippen LogP contribution in [-0.2, 0) is 0 Å². The molecule has 0 amide bonds. The van der Waals surface area contributed by atoms with Gasteiger partial charge in [0.25, 0.3) is 0 Å². The molecule has 0 aliphatic heterocycles. The second-order valence-electron chi connectivity index (χ2n) is 6.10. The van der Waals surface area contributed by atoms with Crippen LogP contribution >= 0.6 is 0 Å². The Morgan fingerprint density at radius 2 is 2.00 bits per heavy atom. The van der Waals surface area contributed by atoms with Crippen molar-refractivity contribution >= 4 is 6.08 Å². The number of benzene rings is 1. The summed E-state index contributed by atoms with van der Waals surface area (Å²) in [7, 11) is 1.65. The topological polar surface area (TPSA) is 30.5 Å². The van der Waals surface area contributed by atoms with Gasteiger partial charge in [-0.2, -0.15) is 0 Å². The first-order chi connectivity index (χ1) is 9.85. The fraction of sp³-hybridized carbons (Fsp3) is 0.444. The van der Waals surface area contributed by atoms with E-state index in [1.807, 2.05) is 18.2 Å². The van der Waals surface area contributed by atoms with Gasteiger partial charge in [0.2, 0.25) is 0 Å². The molecule has 0 fully saturated rings. The first kappa shape index (κ1) is 17.3. The molecule has 0 saturated carbocycles. The third-order valence-corrected chi connectivity index (χ3v) is 2.85. The SMILES string of the molecule is C=CCOc1ccc(C=C(C)CNC(C)(C)C)cc1OC. The van der Waals surface area contributed by atoms with Gasteiger partial charge >= 0.3 is 0 Å². The van der Waals surface area contributed by atoms with Crippen LogP contribution < -0.4 is 14.8 Å². The summed E-state index contributed by atoms with van der Waals surface area (Å²) in [5.74, 6) is 1.47. The maximum atomic E-state index is 5.55. The van der Waals surface area contributed by atoms with E-state index < -0.39 is 0 Å². The van der Waals surface area contributed by atoms with Crippen LogP contribution in [0.3, 0.4) is 0 Å². The summed E-state index contributed by atoms with van der Waals surface area (Å²) < 4.78 is 10.9. The Hall–Kier alpha value is -1.74. The molecule has 3 nitrogen and oxygen atoms in total. The number of nitrogens with one attached hydrogen (secondary N) is 1. The Kier molecular flexibility index (Phi) is 6.50. The lowest BCUT2D eigenvalue weighted by molar-refractivity contribution is 0.326. The highest BCUT2D eigenvalue weighted by atomic mass is 16.5. The highest BCUT2D eigenvalue weighted by Crippen LogP contribution is 2.28. The first-order valence-corrected chi connectivity index (χ1v) is 7.19. The molecule has 0 aromatic heterocycles. The van der Waals surface area contributed by atoms with E-state index in [4.69, 9.17) is 9.47 Å². The molecule has 1 N–H and O–H groups in total. The van der Waals surface area contributed by atoms with Gasteiger partial charge in [-0.3, -0.25) is 0 Å². The standard InChI is InChI=1S/C18H27NO2/c1-7-10-21-16-9-8-15(12-17(16)20-6)11-14(2)13-19-18(3,4)5/h7-9,11-12,19H,1,10,13H2,2-6H3. The molecule has 3 heteroatoms. The van der Waals surface area contributed by atoms with Gasteiger partial charge in [-0.1, -0.05) is 30.4 Å². The predicted molar refractivity (Wildman–Crippen MR) is 90.1 cm³/mol. The first-order valence-electron chi connectivity index (χ1n) is 7.19. The third kappa shape index (κ3) is 6.50. The van der Waals surface area contributed by atoms with E-state index in [9.17, 15) is 0 Å². The number of rotatable bonds is 7. The monoisotopic (exact) mass is 289 g/mol. The molecule has 21 heavy (non-hydrogen) atoms. The summed E-state index contributed by atoms with van der Waals surface area (Å²) in [5.41, 5.74) is 2.49. The van der Waals surface area contributed by atoms with Crippen LogP contribution in [0.5, 0.6) is 11.5 Å². The van der Waals surface area contributed by atoms with Crippen LogP contribution in [-0.4, -0.2) is 25.8 Å². The smallest absolute Gasteiger partial charge is 0.161 e. The van der Waals surface area contributed by atoms with Crippen molar-refractivity contribution < 1.29 is 9.47 Å². The van der Waals surface area contributed by atoms with E-state index in [0.717, 1.165) is 23.6 Å². The highest BCUT2D eigenvalue weighted by molar-refractivity contribution is 5.58. The normalized spacial score (nSPS) is 12.1. The summed E-state index contributed by atoms with van der Waals surface area (Å²) in [4.78, 5) is 0. The van der Waals surface area contributed by atoms with Gasteiger partial charge in [0.05, 0.1) is 7.11 Å². The lowest BCUT2D eigenvalue weighted by Crippen LogP contribution is -2.36. The van der Waals surface area contributed by atoms with Gasteiger partial charge < -0.3 is 14.8 Å². The van der Waals surface area contributed by atoms with E-state index >= 15 is 0 Å². The van der Waals surface area contributed by atoms with Gasteiger partial charge in [0, 0.05) is 12.1 Å². The molecular weight excluding hydrogens is 262 g/mol. The van der Waals surface area contributed by atoms with E-state index in [1.165, 1.54) is 5.57 Å². The van der Waals surface area contributed by atoms with Crippen LogP contribution in [0.4, 0.5) is 0 Å².